The molecule has 1 aromatic rings. The third-order valence-corrected chi connectivity index (χ3v) is 5.61. The standard InChI is InChI=1S/C17H29N3/c1-3-16-15(7-8-18)17(4-2)20(19-16)11-14-10-12-5-6-13(14)9-12/h12-14H,3-11,18H2,1-2H3. The van der Waals surface area contributed by atoms with Crippen LogP contribution in [0.2, 0.25) is 0 Å². The molecule has 0 radical (unpaired) electrons. The summed E-state index contributed by atoms with van der Waals surface area (Å²) in [5, 5.41) is 4.93. The van der Waals surface area contributed by atoms with Crippen LogP contribution in [0, 0.1) is 17.8 Å². The van der Waals surface area contributed by atoms with Gasteiger partial charge in [0.25, 0.3) is 0 Å². The van der Waals surface area contributed by atoms with Gasteiger partial charge in [0.05, 0.1) is 5.69 Å². The molecule has 1 aromatic heterocycles. The lowest BCUT2D eigenvalue weighted by molar-refractivity contribution is 0.282. The first-order chi connectivity index (χ1) is 9.76. The van der Waals surface area contributed by atoms with E-state index >= 15 is 0 Å². The number of rotatable bonds is 6. The third-order valence-electron chi connectivity index (χ3n) is 5.61. The quantitative estimate of drug-likeness (QED) is 0.867. The second-order valence-electron chi connectivity index (χ2n) is 6.73. The second kappa shape index (κ2) is 5.88. The molecule has 3 atom stereocenters. The molecule has 2 aliphatic carbocycles. The van der Waals surface area contributed by atoms with Crippen LogP contribution in [0.15, 0.2) is 0 Å². The maximum Gasteiger partial charge on any atom is 0.0657 e. The third kappa shape index (κ3) is 2.41. The molecular formula is C17H29N3. The van der Waals surface area contributed by atoms with Crippen molar-refractivity contribution in [1.82, 2.24) is 9.78 Å². The molecule has 1 heterocycles. The molecule has 3 heteroatoms. The van der Waals surface area contributed by atoms with Crippen LogP contribution in [0.5, 0.6) is 0 Å². The van der Waals surface area contributed by atoms with Crippen LogP contribution in [0.3, 0.4) is 0 Å². The average molecular weight is 275 g/mol. The van der Waals surface area contributed by atoms with Gasteiger partial charge in [0, 0.05) is 12.2 Å². The van der Waals surface area contributed by atoms with E-state index in [4.69, 9.17) is 10.8 Å². The van der Waals surface area contributed by atoms with Gasteiger partial charge in [0.1, 0.15) is 0 Å². The lowest BCUT2D eigenvalue weighted by Crippen LogP contribution is -2.19. The van der Waals surface area contributed by atoms with Gasteiger partial charge in [-0.05, 0) is 68.4 Å². The topological polar surface area (TPSA) is 43.8 Å². The molecule has 3 unspecified atom stereocenters. The Kier molecular flexibility index (Phi) is 4.16. The predicted octanol–water partition coefficient (Wildman–Crippen LogP) is 2.95. The summed E-state index contributed by atoms with van der Waals surface area (Å²) in [5.41, 5.74) is 9.98. The van der Waals surface area contributed by atoms with Crippen LogP contribution in [0.25, 0.3) is 0 Å². The number of hydrogen-bond acceptors (Lipinski definition) is 2. The molecule has 2 bridgehead atoms. The molecule has 0 saturated heterocycles. The largest absolute Gasteiger partial charge is 0.330 e. The maximum atomic E-state index is 5.79. The fourth-order valence-electron chi connectivity index (χ4n) is 4.67. The van der Waals surface area contributed by atoms with E-state index in [0.29, 0.717) is 0 Å². The van der Waals surface area contributed by atoms with Gasteiger partial charge in [0.2, 0.25) is 0 Å². The Labute approximate surface area is 122 Å². The van der Waals surface area contributed by atoms with Gasteiger partial charge < -0.3 is 5.73 Å². The summed E-state index contributed by atoms with van der Waals surface area (Å²) >= 11 is 0. The lowest BCUT2D eigenvalue weighted by Gasteiger charge is -2.22. The minimum absolute atomic E-state index is 0.736. The first-order valence-electron chi connectivity index (χ1n) is 8.54. The summed E-state index contributed by atoms with van der Waals surface area (Å²) in [6.45, 7) is 6.36. The maximum absolute atomic E-state index is 5.79. The highest BCUT2D eigenvalue weighted by Crippen LogP contribution is 2.48. The number of hydrogen-bond donors (Lipinski definition) is 1. The lowest BCUT2D eigenvalue weighted by atomic mass is 9.89. The summed E-state index contributed by atoms with van der Waals surface area (Å²) in [5.74, 6) is 2.89. The molecule has 0 aliphatic heterocycles. The van der Waals surface area contributed by atoms with Crippen molar-refractivity contribution < 1.29 is 0 Å². The number of aromatic nitrogens is 2. The van der Waals surface area contributed by atoms with Crippen molar-refractivity contribution in [1.29, 1.82) is 0 Å². The Bertz CT molecular complexity index is 463. The molecule has 3 rings (SSSR count). The van der Waals surface area contributed by atoms with Crippen LogP contribution in [0.1, 0.15) is 56.5 Å². The van der Waals surface area contributed by atoms with E-state index in [9.17, 15) is 0 Å². The molecule has 0 spiro atoms. The van der Waals surface area contributed by atoms with E-state index < -0.39 is 0 Å². The van der Waals surface area contributed by atoms with E-state index in [0.717, 1.165) is 50.1 Å². The van der Waals surface area contributed by atoms with Crippen molar-refractivity contribution in [2.24, 2.45) is 23.5 Å². The molecule has 112 valence electrons. The summed E-state index contributed by atoms with van der Waals surface area (Å²) in [6.07, 6.45) is 9.00. The Morgan fingerprint density at radius 2 is 2.05 bits per heavy atom. The summed E-state index contributed by atoms with van der Waals surface area (Å²) in [7, 11) is 0. The van der Waals surface area contributed by atoms with Gasteiger partial charge in [-0.2, -0.15) is 5.10 Å². The fourth-order valence-corrected chi connectivity index (χ4v) is 4.67. The molecule has 0 amide bonds. The highest BCUT2D eigenvalue weighted by Gasteiger charge is 2.39. The molecule has 2 saturated carbocycles. The van der Waals surface area contributed by atoms with E-state index in [2.05, 4.69) is 18.5 Å². The molecule has 2 N–H and O–H groups in total. The van der Waals surface area contributed by atoms with Crippen molar-refractivity contribution >= 4 is 0 Å². The van der Waals surface area contributed by atoms with E-state index in [1.54, 1.807) is 0 Å². The summed E-state index contributed by atoms with van der Waals surface area (Å²) in [4.78, 5) is 0. The molecule has 20 heavy (non-hydrogen) atoms. The molecular weight excluding hydrogens is 246 g/mol. The first kappa shape index (κ1) is 14.1. The number of fused-ring (bicyclic) bond motifs is 2. The Morgan fingerprint density at radius 1 is 1.20 bits per heavy atom. The van der Waals surface area contributed by atoms with Gasteiger partial charge in [-0.15, -0.1) is 0 Å². The van der Waals surface area contributed by atoms with Crippen LogP contribution in [0.4, 0.5) is 0 Å². The summed E-state index contributed by atoms with van der Waals surface area (Å²) < 4.78 is 2.34. The van der Waals surface area contributed by atoms with Crippen LogP contribution in [-0.4, -0.2) is 16.3 Å². The zero-order chi connectivity index (χ0) is 14.1. The number of nitrogens with two attached hydrogens (primary N) is 1. The normalized spacial score (nSPS) is 28.4. The Morgan fingerprint density at radius 3 is 2.60 bits per heavy atom. The highest BCUT2D eigenvalue weighted by molar-refractivity contribution is 5.27. The molecule has 2 fully saturated rings. The van der Waals surface area contributed by atoms with Gasteiger partial charge >= 0.3 is 0 Å². The zero-order valence-corrected chi connectivity index (χ0v) is 13.1. The molecule has 2 aliphatic rings. The average Bonchev–Trinajstić information content (AvgIpc) is 3.13. The van der Waals surface area contributed by atoms with Crippen molar-refractivity contribution in [2.75, 3.05) is 6.54 Å². The molecule has 0 aromatic carbocycles. The second-order valence-corrected chi connectivity index (χ2v) is 6.73. The number of nitrogens with zero attached hydrogens (tertiary/aromatic N) is 2. The molecule has 3 nitrogen and oxygen atoms in total. The number of aryl methyl sites for hydroxylation is 1. The van der Waals surface area contributed by atoms with Crippen LogP contribution >= 0.6 is 0 Å². The van der Waals surface area contributed by atoms with Crippen molar-refractivity contribution in [3.8, 4) is 0 Å². The van der Waals surface area contributed by atoms with Gasteiger partial charge in [-0.3, -0.25) is 4.68 Å². The predicted molar refractivity (Wildman–Crippen MR) is 82.7 cm³/mol. The monoisotopic (exact) mass is 275 g/mol. The van der Waals surface area contributed by atoms with Crippen molar-refractivity contribution in [2.45, 2.75) is 65.3 Å². The minimum Gasteiger partial charge on any atom is -0.330 e. The van der Waals surface area contributed by atoms with Crippen molar-refractivity contribution in [3.05, 3.63) is 17.0 Å². The van der Waals surface area contributed by atoms with Crippen LogP contribution < -0.4 is 5.73 Å². The summed E-state index contributed by atoms with van der Waals surface area (Å²) in [6, 6.07) is 0. The van der Waals surface area contributed by atoms with Gasteiger partial charge in [0.15, 0.2) is 0 Å². The van der Waals surface area contributed by atoms with E-state index in [1.165, 1.54) is 42.6 Å². The van der Waals surface area contributed by atoms with Gasteiger partial charge in [-0.1, -0.05) is 20.3 Å². The van der Waals surface area contributed by atoms with E-state index in [-0.39, 0.29) is 0 Å². The van der Waals surface area contributed by atoms with E-state index in [1.807, 2.05) is 0 Å². The zero-order valence-electron chi connectivity index (χ0n) is 13.1. The SMILES string of the molecule is CCc1nn(CC2CC3CCC2C3)c(CC)c1CCN. The Balaban J connectivity index is 1.81. The fraction of sp³-hybridized carbons (Fsp3) is 0.824. The Hall–Kier alpha value is -0.830. The van der Waals surface area contributed by atoms with Crippen LogP contribution in [-0.2, 0) is 25.8 Å². The smallest absolute Gasteiger partial charge is 0.0657 e. The van der Waals surface area contributed by atoms with Gasteiger partial charge in [-0.25, -0.2) is 0 Å². The minimum atomic E-state index is 0.736. The van der Waals surface area contributed by atoms with Crippen molar-refractivity contribution in [3.63, 3.8) is 0 Å². The first-order valence-corrected chi connectivity index (χ1v) is 8.54. The highest BCUT2D eigenvalue weighted by atomic mass is 15.3.